The highest BCUT2D eigenvalue weighted by Crippen LogP contribution is 2.37. The van der Waals surface area contributed by atoms with Crippen LogP contribution >= 0.6 is 0 Å². The standard InChI is InChI=1S/C23H23FN2O5S/c1-30-21-13-17(23(27)25-19-12-8-7-11-18(19)24)20(14-22(21)31-2)26(32(3,28)29)15-16-9-5-4-6-10-16/h4-14H,15H2,1-3H3,(H,25,27). The number of carbonyl (C=O) groups excluding carboxylic acids is 1. The molecule has 1 amide bonds. The molecule has 0 unspecified atom stereocenters. The summed E-state index contributed by atoms with van der Waals surface area (Å²) in [6.07, 6.45) is 1.05. The molecule has 0 aliphatic carbocycles. The highest BCUT2D eigenvalue weighted by atomic mass is 32.2. The molecule has 0 heterocycles. The highest BCUT2D eigenvalue weighted by Gasteiger charge is 2.27. The summed E-state index contributed by atoms with van der Waals surface area (Å²) >= 11 is 0. The van der Waals surface area contributed by atoms with Crippen molar-refractivity contribution in [1.29, 1.82) is 0 Å². The molecule has 0 atom stereocenters. The number of ether oxygens (including phenoxy) is 2. The van der Waals surface area contributed by atoms with Crippen LogP contribution in [0.4, 0.5) is 15.8 Å². The van der Waals surface area contributed by atoms with Gasteiger partial charge >= 0.3 is 0 Å². The number of hydrogen-bond donors (Lipinski definition) is 1. The fraction of sp³-hybridized carbons (Fsp3) is 0.174. The van der Waals surface area contributed by atoms with E-state index in [-0.39, 0.29) is 35.0 Å². The van der Waals surface area contributed by atoms with Gasteiger partial charge in [-0.2, -0.15) is 0 Å². The van der Waals surface area contributed by atoms with E-state index in [0.29, 0.717) is 5.56 Å². The number of halogens is 1. The van der Waals surface area contributed by atoms with E-state index < -0.39 is 21.7 Å². The van der Waals surface area contributed by atoms with Crippen LogP contribution in [-0.2, 0) is 16.6 Å². The minimum atomic E-state index is -3.81. The van der Waals surface area contributed by atoms with E-state index in [1.807, 2.05) is 6.07 Å². The maximum atomic E-state index is 14.1. The van der Waals surface area contributed by atoms with E-state index in [9.17, 15) is 17.6 Å². The Labute approximate surface area is 186 Å². The summed E-state index contributed by atoms with van der Waals surface area (Å²) in [6.45, 7) is -0.0187. The monoisotopic (exact) mass is 458 g/mol. The average Bonchev–Trinajstić information content (AvgIpc) is 2.78. The molecule has 0 radical (unpaired) electrons. The Morgan fingerprint density at radius 3 is 2.16 bits per heavy atom. The summed E-state index contributed by atoms with van der Waals surface area (Å²) in [5.74, 6) is -0.852. The molecule has 0 aromatic heterocycles. The van der Waals surface area contributed by atoms with Crippen LogP contribution in [0.5, 0.6) is 11.5 Å². The largest absolute Gasteiger partial charge is 0.493 e. The first-order chi connectivity index (χ1) is 15.2. The van der Waals surface area contributed by atoms with Crippen molar-refractivity contribution in [2.45, 2.75) is 6.54 Å². The third-order valence-corrected chi connectivity index (χ3v) is 5.83. The van der Waals surface area contributed by atoms with E-state index in [2.05, 4.69) is 5.32 Å². The predicted octanol–water partition coefficient (Wildman–Crippen LogP) is 4.06. The zero-order valence-electron chi connectivity index (χ0n) is 17.8. The fourth-order valence-electron chi connectivity index (χ4n) is 3.14. The van der Waals surface area contributed by atoms with Gasteiger partial charge in [0.25, 0.3) is 5.91 Å². The van der Waals surface area contributed by atoms with Crippen LogP contribution in [0.3, 0.4) is 0 Å². The third kappa shape index (κ3) is 5.17. The van der Waals surface area contributed by atoms with Gasteiger partial charge in [-0.15, -0.1) is 0 Å². The molecule has 168 valence electrons. The van der Waals surface area contributed by atoms with Crippen molar-refractivity contribution < 1.29 is 27.1 Å². The van der Waals surface area contributed by atoms with Gasteiger partial charge in [0.05, 0.1) is 44.0 Å². The second kappa shape index (κ2) is 9.69. The molecule has 1 N–H and O–H groups in total. The third-order valence-electron chi connectivity index (χ3n) is 4.71. The zero-order chi connectivity index (χ0) is 23.3. The molecule has 0 aliphatic rings. The first-order valence-corrected chi connectivity index (χ1v) is 11.4. The van der Waals surface area contributed by atoms with Crippen LogP contribution in [0.25, 0.3) is 0 Å². The lowest BCUT2D eigenvalue weighted by Gasteiger charge is -2.26. The SMILES string of the molecule is COc1cc(C(=O)Nc2ccccc2F)c(N(Cc2ccccc2)S(C)(=O)=O)cc1OC. The van der Waals surface area contributed by atoms with Crippen LogP contribution in [0, 0.1) is 5.82 Å². The predicted molar refractivity (Wildman–Crippen MR) is 121 cm³/mol. The molecule has 3 aromatic rings. The van der Waals surface area contributed by atoms with Crippen molar-refractivity contribution in [3.05, 3.63) is 83.7 Å². The smallest absolute Gasteiger partial charge is 0.258 e. The Bertz CT molecular complexity index is 1220. The minimum absolute atomic E-state index is 0.0187. The molecule has 0 aliphatic heterocycles. The van der Waals surface area contributed by atoms with Crippen molar-refractivity contribution in [2.75, 3.05) is 30.1 Å². The first kappa shape index (κ1) is 23.1. The van der Waals surface area contributed by atoms with Crippen LogP contribution in [0.15, 0.2) is 66.7 Å². The quantitative estimate of drug-likeness (QED) is 0.550. The molecule has 0 fully saturated rings. The van der Waals surface area contributed by atoms with Crippen molar-refractivity contribution in [3.63, 3.8) is 0 Å². The summed E-state index contributed by atoms with van der Waals surface area (Å²) < 4.78 is 51.3. The number of nitrogens with zero attached hydrogens (tertiary/aromatic N) is 1. The highest BCUT2D eigenvalue weighted by molar-refractivity contribution is 7.92. The number of benzene rings is 3. The number of para-hydroxylation sites is 1. The fourth-order valence-corrected chi connectivity index (χ4v) is 4.03. The number of sulfonamides is 1. The molecule has 32 heavy (non-hydrogen) atoms. The molecule has 0 saturated carbocycles. The van der Waals surface area contributed by atoms with Crippen LogP contribution < -0.4 is 19.1 Å². The van der Waals surface area contributed by atoms with E-state index in [0.717, 1.165) is 10.6 Å². The minimum Gasteiger partial charge on any atom is -0.493 e. The molecular weight excluding hydrogens is 435 g/mol. The van der Waals surface area contributed by atoms with E-state index >= 15 is 0 Å². The van der Waals surface area contributed by atoms with Gasteiger partial charge in [0.1, 0.15) is 5.82 Å². The first-order valence-electron chi connectivity index (χ1n) is 9.58. The van der Waals surface area contributed by atoms with Crippen LogP contribution in [-0.4, -0.2) is 34.8 Å². The Morgan fingerprint density at radius 1 is 0.969 bits per heavy atom. The summed E-state index contributed by atoms with van der Waals surface area (Å²) in [6, 6.07) is 17.4. The molecule has 3 rings (SSSR count). The number of methoxy groups -OCH3 is 2. The summed E-state index contributed by atoms with van der Waals surface area (Å²) in [7, 11) is -1.01. The molecule has 0 bridgehead atoms. The van der Waals surface area contributed by atoms with Gasteiger partial charge in [0.2, 0.25) is 10.0 Å². The van der Waals surface area contributed by atoms with Gasteiger partial charge in [-0.25, -0.2) is 12.8 Å². The summed E-state index contributed by atoms with van der Waals surface area (Å²) in [5.41, 5.74) is 0.732. The molecular formula is C23H23FN2O5S. The number of rotatable bonds is 8. The molecule has 0 spiro atoms. The number of hydrogen-bond acceptors (Lipinski definition) is 5. The Balaban J connectivity index is 2.15. The number of anilines is 2. The van der Waals surface area contributed by atoms with E-state index in [1.165, 1.54) is 44.6 Å². The number of amides is 1. The second-order valence-corrected chi connectivity index (χ2v) is 8.82. The lowest BCUT2D eigenvalue weighted by atomic mass is 10.1. The average molecular weight is 459 g/mol. The summed E-state index contributed by atoms with van der Waals surface area (Å²) in [4.78, 5) is 13.1. The summed E-state index contributed by atoms with van der Waals surface area (Å²) in [5, 5.41) is 2.49. The normalized spacial score (nSPS) is 11.0. The van der Waals surface area contributed by atoms with E-state index in [4.69, 9.17) is 9.47 Å². The molecule has 3 aromatic carbocycles. The van der Waals surface area contributed by atoms with Crippen LogP contribution in [0.1, 0.15) is 15.9 Å². The lowest BCUT2D eigenvalue weighted by Crippen LogP contribution is -2.31. The second-order valence-electron chi connectivity index (χ2n) is 6.91. The van der Waals surface area contributed by atoms with Gasteiger partial charge in [-0.05, 0) is 23.8 Å². The van der Waals surface area contributed by atoms with Crippen molar-refractivity contribution in [3.8, 4) is 11.5 Å². The zero-order valence-corrected chi connectivity index (χ0v) is 18.6. The van der Waals surface area contributed by atoms with Crippen LogP contribution in [0.2, 0.25) is 0 Å². The molecule has 9 heteroatoms. The Kier molecular flexibility index (Phi) is 6.99. The number of nitrogens with one attached hydrogen (secondary N) is 1. The van der Waals surface area contributed by atoms with Gasteiger partial charge in [0.15, 0.2) is 11.5 Å². The molecule has 0 saturated heterocycles. The molecule has 7 nitrogen and oxygen atoms in total. The van der Waals surface area contributed by atoms with Gasteiger partial charge in [-0.3, -0.25) is 9.10 Å². The van der Waals surface area contributed by atoms with Crippen molar-refractivity contribution in [1.82, 2.24) is 0 Å². The van der Waals surface area contributed by atoms with Gasteiger partial charge < -0.3 is 14.8 Å². The van der Waals surface area contributed by atoms with E-state index in [1.54, 1.807) is 30.3 Å². The van der Waals surface area contributed by atoms with Gasteiger partial charge in [0, 0.05) is 6.07 Å². The maximum absolute atomic E-state index is 14.1. The Morgan fingerprint density at radius 2 is 1.56 bits per heavy atom. The Hall–Kier alpha value is -3.59. The topological polar surface area (TPSA) is 84.9 Å². The van der Waals surface area contributed by atoms with Gasteiger partial charge in [-0.1, -0.05) is 42.5 Å². The van der Waals surface area contributed by atoms with Crippen molar-refractivity contribution in [2.24, 2.45) is 0 Å². The number of carbonyl (C=O) groups is 1. The lowest BCUT2D eigenvalue weighted by molar-refractivity contribution is 0.102. The maximum Gasteiger partial charge on any atom is 0.258 e. The van der Waals surface area contributed by atoms with Crippen molar-refractivity contribution >= 4 is 27.3 Å².